The molecule has 1 aliphatic rings. The maximum atomic E-state index is 13.1. The van der Waals surface area contributed by atoms with Crippen LogP contribution in [0, 0.1) is 17.7 Å². The number of benzene rings is 1. The van der Waals surface area contributed by atoms with E-state index in [1.54, 1.807) is 6.07 Å². The molecule has 1 saturated carbocycles. The molecule has 1 aromatic rings. The highest BCUT2D eigenvalue weighted by Crippen LogP contribution is 2.30. The lowest BCUT2D eigenvalue weighted by Gasteiger charge is -2.12. The summed E-state index contributed by atoms with van der Waals surface area (Å²) in [6.07, 6.45) is 3.87. The average Bonchev–Trinajstić information content (AvgIpc) is 2.60. The minimum absolute atomic E-state index is 0.276. The smallest absolute Gasteiger partial charge is 0.127 e. The van der Waals surface area contributed by atoms with Crippen LogP contribution in [0.2, 0.25) is 0 Å². The minimum atomic E-state index is -0.276. The summed E-state index contributed by atoms with van der Waals surface area (Å²) < 4.78 is 13.1. The van der Waals surface area contributed by atoms with Crippen LogP contribution in [0.15, 0.2) is 18.2 Å². The molecule has 0 heterocycles. The van der Waals surface area contributed by atoms with Crippen molar-refractivity contribution in [1.82, 2.24) is 0 Å². The monoisotopic (exact) mass is 222 g/mol. The van der Waals surface area contributed by atoms with Gasteiger partial charge < -0.3 is 11.1 Å². The summed E-state index contributed by atoms with van der Waals surface area (Å²) in [5.41, 5.74) is 6.85. The zero-order valence-corrected chi connectivity index (χ0v) is 9.67. The highest BCUT2D eigenvalue weighted by atomic mass is 19.1. The second-order valence-electron chi connectivity index (χ2n) is 4.94. The molecule has 3 heteroatoms. The van der Waals surface area contributed by atoms with Crippen molar-refractivity contribution in [3.8, 4) is 0 Å². The number of hydrogen-bond donors (Lipinski definition) is 2. The Morgan fingerprint density at radius 3 is 2.81 bits per heavy atom. The predicted molar refractivity (Wildman–Crippen MR) is 65.8 cm³/mol. The molecule has 0 radical (unpaired) electrons. The molecule has 1 aromatic carbocycles. The molecule has 2 rings (SSSR count). The Labute approximate surface area is 96.0 Å². The standard InChI is InChI=1S/C13H19FN2/c1-9-2-3-10(4-9)8-16-13-6-11(14)5-12(15)7-13/h5-7,9-10,16H,2-4,8,15H2,1H3. The second-order valence-corrected chi connectivity index (χ2v) is 4.94. The van der Waals surface area contributed by atoms with E-state index in [-0.39, 0.29) is 5.82 Å². The fraction of sp³-hybridized carbons (Fsp3) is 0.538. The summed E-state index contributed by atoms with van der Waals surface area (Å²) in [6.45, 7) is 3.22. The van der Waals surface area contributed by atoms with Crippen LogP contribution in [0.25, 0.3) is 0 Å². The van der Waals surface area contributed by atoms with Crippen molar-refractivity contribution in [2.45, 2.75) is 26.2 Å². The first-order valence-electron chi connectivity index (χ1n) is 5.93. The molecule has 2 atom stereocenters. The Kier molecular flexibility index (Phi) is 3.32. The van der Waals surface area contributed by atoms with Gasteiger partial charge in [-0.1, -0.05) is 13.3 Å². The van der Waals surface area contributed by atoms with Crippen LogP contribution in [0.4, 0.5) is 15.8 Å². The van der Waals surface area contributed by atoms with Crippen LogP contribution in [0.1, 0.15) is 26.2 Å². The first kappa shape index (κ1) is 11.2. The molecule has 2 nitrogen and oxygen atoms in total. The third-order valence-electron chi connectivity index (χ3n) is 3.32. The molecule has 0 spiro atoms. The van der Waals surface area contributed by atoms with Crippen LogP contribution >= 0.6 is 0 Å². The van der Waals surface area contributed by atoms with Gasteiger partial charge in [0.05, 0.1) is 0 Å². The molecule has 0 saturated heterocycles. The SMILES string of the molecule is CC1CCC(CNc2cc(N)cc(F)c2)C1. The number of halogens is 1. The highest BCUT2D eigenvalue weighted by Gasteiger charge is 2.20. The lowest BCUT2D eigenvalue weighted by molar-refractivity contribution is 0.537. The maximum absolute atomic E-state index is 13.1. The first-order chi connectivity index (χ1) is 7.63. The number of rotatable bonds is 3. The maximum Gasteiger partial charge on any atom is 0.127 e. The van der Waals surface area contributed by atoms with Crippen molar-refractivity contribution in [2.75, 3.05) is 17.6 Å². The van der Waals surface area contributed by atoms with Gasteiger partial charge in [-0.3, -0.25) is 0 Å². The van der Waals surface area contributed by atoms with Gasteiger partial charge >= 0.3 is 0 Å². The Hall–Kier alpha value is -1.25. The van der Waals surface area contributed by atoms with E-state index in [0.29, 0.717) is 5.69 Å². The van der Waals surface area contributed by atoms with Crippen LogP contribution in [0.5, 0.6) is 0 Å². The molecular weight excluding hydrogens is 203 g/mol. The van der Waals surface area contributed by atoms with Crippen molar-refractivity contribution >= 4 is 11.4 Å². The fourth-order valence-corrected chi connectivity index (χ4v) is 2.49. The zero-order chi connectivity index (χ0) is 11.5. The van der Waals surface area contributed by atoms with E-state index in [2.05, 4.69) is 12.2 Å². The number of nitrogens with one attached hydrogen (secondary N) is 1. The molecular formula is C13H19FN2. The lowest BCUT2D eigenvalue weighted by atomic mass is 10.1. The van der Waals surface area contributed by atoms with E-state index >= 15 is 0 Å². The van der Waals surface area contributed by atoms with Crippen molar-refractivity contribution in [1.29, 1.82) is 0 Å². The summed E-state index contributed by atoms with van der Waals surface area (Å²) >= 11 is 0. The highest BCUT2D eigenvalue weighted by molar-refractivity contribution is 5.54. The number of nitrogen functional groups attached to an aromatic ring is 1. The number of hydrogen-bond acceptors (Lipinski definition) is 2. The van der Waals surface area contributed by atoms with Crippen LogP contribution < -0.4 is 11.1 Å². The normalized spacial score (nSPS) is 24.6. The van der Waals surface area contributed by atoms with Crippen molar-refractivity contribution in [3.05, 3.63) is 24.0 Å². The van der Waals surface area contributed by atoms with Gasteiger partial charge in [0.2, 0.25) is 0 Å². The molecule has 88 valence electrons. The Morgan fingerprint density at radius 2 is 2.19 bits per heavy atom. The molecule has 1 aliphatic carbocycles. The van der Waals surface area contributed by atoms with Gasteiger partial charge in [-0.2, -0.15) is 0 Å². The average molecular weight is 222 g/mol. The van der Waals surface area contributed by atoms with Crippen LogP contribution in [0.3, 0.4) is 0 Å². The van der Waals surface area contributed by atoms with E-state index in [1.165, 1.54) is 31.4 Å². The third-order valence-corrected chi connectivity index (χ3v) is 3.32. The number of anilines is 2. The lowest BCUT2D eigenvalue weighted by Crippen LogP contribution is -2.11. The number of nitrogens with two attached hydrogens (primary N) is 1. The van der Waals surface area contributed by atoms with Gasteiger partial charge in [-0.25, -0.2) is 4.39 Å². The molecule has 1 fully saturated rings. The Morgan fingerprint density at radius 1 is 1.38 bits per heavy atom. The molecule has 16 heavy (non-hydrogen) atoms. The third kappa shape index (κ3) is 2.87. The molecule has 0 aliphatic heterocycles. The second kappa shape index (κ2) is 4.73. The van der Waals surface area contributed by atoms with E-state index < -0.39 is 0 Å². The van der Waals surface area contributed by atoms with Gasteiger partial charge in [0.15, 0.2) is 0 Å². The van der Waals surface area contributed by atoms with Gasteiger partial charge in [0.1, 0.15) is 5.82 Å². The van der Waals surface area contributed by atoms with E-state index in [1.807, 2.05) is 0 Å². The minimum Gasteiger partial charge on any atom is -0.399 e. The van der Waals surface area contributed by atoms with Crippen molar-refractivity contribution in [2.24, 2.45) is 11.8 Å². The fourth-order valence-electron chi connectivity index (χ4n) is 2.49. The summed E-state index contributed by atoms with van der Waals surface area (Å²) in [5, 5.41) is 3.27. The summed E-state index contributed by atoms with van der Waals surface area (Å²) in [6, 6.07) is 4.61. The molecule has 2 unspecified atom stereocenters. The van der Waals surface area contributed by atoms with E-state index in [4.69, 9.17) is 5.73 Å². The molecule has 0 amide bonds. The quantitative estimate of drug-likeness (QED) is 0.770. The Balaban J connectivity index is 1.89. The first-order valence-corrected chi connectivity index (χ1v) is 5.93. The van der Waals surface area contributed by atoms with Crippen molar-refractivity contribution < 1.29 is 4.39 Å². The summed E-state index contributed by atoms with van der Waals surface area (Å²) in [7, 11) is 0. The topological polar surface area (TPSA) is 38.0 Å². The largest absolute Gasteiger partial charge is 0.399 e. The summed E-state index contributed by atoms with van der Waals surface area (Å²) in [4.78, 5) is 0. The van der Waals surface area contributed by atoms with E-state index in [0.717, 1.165) is 24.1 Å². The predicted octanol–water partition coefficient (Wildman–Crippen LogP) is 3.26. The molecule has 0 aromatic heterocycles. The molecule has 0 bridgehead atoms. The van der Waals surface area contributed by atoms with Crippen LogP contribution in [-0.2, 0) is 0 Å². The van der Waals surface area contributed by atoms with Crippen molar-refractivity contribution in [3.63, 3.8) is 0 Å². The van der Waals surface area contributed by atoms with Gasteiger partial charge in [0.25, 0.3) is 0 Å². The van der Waals surface area contributed by atoms with Crippen LogP contribution in [-0.4, -0.2) is 6.54 Å². The van der Waals surface area contributed by atoms with Gasteiger partial charge in [0, 0.05) is 17.9 Å². The van der Waals surface area contributed by atoms with Gasteiger partial charge in [-0.05, 0) is 42.9 Å². The molecule has 3 N–H and O–H groups in total. The zero-order valence-electron chi connectivity index (χ0n) is 9.67. The van der Waals surface area contributed by atoms with E-state index in [9.17, 15) is 4.39 Å². The summed E-state index contributed by atoms with van der Waals surface area (Å²) in [5.74, 6) is 1.28. The van der Waals surface area contributed by atoms with Gasteiger partial charge in [-0.15, -0.1) is 0 Å². The Bertz CT molecular complexity index is 345.